The fourth-order valence-corrected chi connectivity index (χ4v) is 7.51. The highest BCUT2D eigenvalue weighted by Crippen LogP contribution is 2.48. The number of nitrogens with one attached hydrogen (secondary N) is 2. The van der Waals surface area contributed by atoms with Gasteiger partial charge in [-0.3, -0.25) is 19.3 Å². The molecular weight excluding hydrogens is 634 g/mol. The molecular formula is C33H29Cl2FN6O4. The number of likely N-dealkylation sites (tertiary alicyclic amines) is 1. The van der Waals surface area contributed by atoms with E-state index in [4.69, 9.17) is 32.9 Å². The third-order valence-electron chi connectivity index (χ3n) is 9.14. The van der Waals surface area contributed by atoms with Crippen molar-refractivity contribution in [3.05, 3.63) is 91.6 Å². The van der Waals surface area contributed by atoms with Crippen LogP contribution in [0, 0.1) is 5.82 Å². The van der Waals surface area contributed by atoms with Crippen LogP contribution in [0.2, 0.25) is 10.0 Å². The van der Waals surface area contributed by atoms with Gasteiger partial charge in [0.2, 0.25) is 11.8 Å². The Kier molecular flexibility index (Phi) is 7.57. The van der Waals surface area contributed by atoms with Crippen LogP contribution in [0.5, 0.6) is 5.88 Å². The summed E-state index contributed by atoms with van der Waals surface area (Å²) in [5.74, 6) is -0.736. The number of aryl methyl sites for hydroxylation is 2. The van der Waals surface area contributed by atoms with E-state index in [9.17, 15) is 14.4 Å². The van der Waals surface area contributed by atoms with E-state index in [0.29, 0.717) is 29.1 Å². The van der Waals surface area contributed by atoms with Crippen molar-refractivity contribution in [2.75, 3.05) is 25.5 Å². The molecule has 10 nitrogen and oxygen atoms in total. The number of benzene rings is 2. The predicted molar refractivity (Wildman–Crippen MR) is 172 cm³/mol. The van der Waals surface area contributed by atoms with Crippen molar-refractivity contribution >= 4 is 40.7 Å². The second-order valence-corrected chi connectivity index (χ2v) is 12.7. The molecule has 3 aliphatic rings. The van der Waals surface area contributed by atoms with Crippen molar-refractivity contribution in [3.63, 3.8) is 0 Å². The first-order valence-electron chi connectivity index (χ1n) is 14.8. The Hall–Kier alpha value is -4.32. The molecule has 2 amide bonds. The van der Waals surface area contributed by atoms with E-state index in [1.807, 2.05) is 6.07 Å². The highest BCUT2D eigenvalue weighted by molar-refractivity contribution is 6.39. The second kappa shape index (κ2) is 11.5. The Morgan fingerprint density at radius 3 is 2.63 bits per heavy atom. The Labute approximate surface area is 273 Å². The number of nitrogens with zero attached hydrogens (tertiary/aromatic N) is 4. The number of amides is 2. The Bertz CT molecular complexity index is 1990. The van der Waals surface area contributed by atoms with Gasteiger partial charge in [-0.1, -0.05) is 41.4 Å². The summed E-state index contributed by atoms with van der Waals surface area (Å²) in [6.45, 7) is 1.60. The van der Waals surface area contributed by atoms with E-state index in [2.05, 4.69) is 20.6 Å². The maximum Gasteiger partial charge on any atom is 0.279 e. The molecule has 2 fully saturated rings. The van der Waals surface area contributed by atoms with E-state index >= 15 is 4.39 Å². The standard InChI is InChI=1S/C33H29Cl2FN6O4/c1-41-32(45)20(11-13-37-41)30(44)38-22-8-7-21(36)27(29(22)35)19-5-3-4-18(28(19)34)23-14-17-6-9-24(26(17)31(39-23)46-2)42-15-33(16-42)12-10-25(43)40-33/h3-5,7-8,11,13-14,24H,6,9-10,12,15-16H2,1-2H3,(H,38,44)(H,40,43). The largest absolute Gasteiger partial charge is 0.481 e. The molecule has 2 aliphatic heterocycles. The summed E-state index contributed by atoms with van der Waals surface area (Å²) in [5.41, 5.74) is 2.82. The van der Waals surface area contributed by atoms with Crippen LogP contribution < -0.4 is 20.9 Å². The summed E-state index contributed by atoms with van der Waals surface area (Å²) in [6, 6.07) is 11.1. The second-order valence-electron chi connectivity index (χ2n) is 12.0. The summed E-state index contributed by atoms with van der Waals surface area (Å²) in [7, 11) is 3.02. The van der Waals surface area contributed by atoms with E-state index in [1.54, 1.807) is 25.3 Å². The molecule has 1 spiro atoms. The number of ether oxygens (including phenoxy) is 1. The minimum atomic E-state index is -0.712. The van der Waals surface area contributed by atoms with E-state index < -0.39 is 17.3 Å². The number of anilines is 1. The third-order valence-corrected chi connectivity index (χ3v) is 9.94. The third kappa shape index (κ3) is 5.03. The van der Waals surface area contributed by atoms with E-state index in [-0.39, 0.29) is 44.3 Å². The Morgan fingerprint density at radius 2 is 1.89 bits per heavy atom. The normalized spacial score (nSPS) is 18.3. The molecule has 46 heavy (non-hydrogen) atoms. The van der Waals surface area contributed by atoms with Crippen LogP contribution in [0.25, 0.3) is 22.4 Å². The summed E-state index contributed by atoms with van der Waals surface area (Å²) in [6.07, 6.45) is 4.49. The molecule has 2 aromatic carbocycles. The summed E-state index contributed by atoms with van der Waals surface area (Å²) in [5, 5.41) is 9.72. The minimum Gasteiger partial charge on any atom is -0.481 e. The molecule has 4 aromatic rings. The molecule has 1 atom stereocenters. The summed E-state index contributed by atoms with van der Waals surface area (Å²) in [4.78, 5) is 44.4. The number of fused-ring (bicyclic) bond motifs is 1. The van der Waals surface area contributed by atoms with Crippen LogP contribution in [-0.2, 0) is 18.3 Å². The van der Waals surface area contributed by atoms with Crippen LogP contribution in [0.15, 0.2) is 53.5 Å². The van der Waals surface area contributed by atoms with Crippen molar-refractivity contribution in [2.24, 2.45) is 7.05 Å². The van der Waals surface area contributed by atoms with Gasteiger partial charge in [-0.15, -0.1) is 0 Å². The maximum atomic E-state index is 15.4. The lowest BCUT2D eigenvalue weighted by atomic mass is 9.86. The molecule has 0 radical (unpaired) electrons. The van der Waals surface area contributed by atoms with Gasteiger partial charge >= 0.3 is 0 Å². The molecule has 2 saturated heterocycles. The van der Waals surface area contributed by atoms with Crippen LogP contribution in [-0.4, -0.2) is 57.2 Å². The number of carbonyl (C=O) groups excluding carboxylic acids is 2. The smallest absolute Gasteiger partial charge is 0.279 e. The van der Waals surface area contributed by atoms with Crippen molar-refractivity contribution in [3.8, 4) is 28.3 Å². The topological polar surface area (TPSA) is 118 Å². The average Bonchev–Trinajstić information content (AvgIpc) is 3.63. The van der Waals surface area contributed by atoms with Crippen LogP contribution >= 0.6 is 23.2 Å². The number of methoxy groups -OCH3 is 1. The van der Waals surface area contributed by atoms with Gasteiger partial charge in [0.15, 0.2) is 0 Å². The number of rotatable bonds is 6. The van der Waals surface area contributed by atoms with Gasteiger partial charge in [-0.05, 0) is 49.1 Å². The molecule has 0 bridgehead atoms. The zero-order valence-corrected chi connectivity index (χ0v) is 26.5. The number of carbonyl (C=O) groups is 2. The van der Waals surface area contributed by atoms with Gasteiger partial charge in [0.1, 0.15) is 11.4 Å². The van der Waals surface area contributed by atoms with Gasteiger partial charge in [0, 0.05) is 61.1 Å². The van der Waals surface area contributed by atoms with E-state index in [1.165, 1.54) is 31.4 Å². The molecule has 236 valence electrons. The molecule has 4 heterocycles. The molecule has 1 unspecified atom stereocenters. The molecule has 0 saturated carbocycles. The first kappa shape index (κ1) is 30.3. The van der Waals surface area contributed by atoms with Gasteiger partial charge < -0.3 is 15.4 Å². The van der Waals surface area contributed by atoms with Gasteiger partial charge in [-0.25, -0.2) is 14.1 Å². The first-order valence-corrected chi connectivity index (χ1v) is 15.6. The quantitative estimate of drug-likeness (QED) is 0.293. The van der Waals surface area contributed by atoms with Crippen molar-refractivity contribution < 1.29 is 18.7 Å². The van der Waals surface area contributed by atoms with Crippen molar-refractivity contribution in [1.82, 2.24) is 25.0 Å². The maximum absolute atomic E-state index is 15.4. The average molecular weight is 664 g/mol. The fourth-order valence-electron chi connectivity index (χ4n) is 6.89. The van der Waals surface area contributed by atoms with Gasteiger partial charge in [0.25, 0.3) is 11.5 Å². The molecule has 7 rings (SSSR count). The van der Waals surface area contributed by atoms with Crippen LogP contribution in [0.3, 0.4) is 0 Å². The van der Waals surface area contributed by atoms with E-state index in [0.717, 1.165) is 48.2 Å². The van der Waals surface area contributed by atoms with Gasteiger partial charge in [0.05, 0.1) is 34.1 Å². The Morgan fingerprint density at radius 1 is 1.11 bits per heavy atom. The molecule has 2 N–H and O–H groups in total. The lowest BCUT2D eigenvalue weighted by Gasteiger charge is -2.50. The highest BCUT2D eigenvalue weighted by atomic mass is 35.5. The van der Waals surface area contributed by atoms with Crippen molar-refractivity contribution in [1.29, 1.82) is 0 Å². The lowest BCUT2D eigenvalue weighted by molar-refractivity contribution is -0.121. The highest BCUT2D eigenvalue weighted by Gasteiger charge is 2.51. The lowest BCUT2D eigenvalue weighted by Crippen LogP contribution is -2.67. The zero-order chi connectivity index (χ0) is 32.3. The van der Waals surface area contributed by atoms with Crippen LogP contribution in [0.4, 0.5) is 10.1 Å². The SMILES string of the molecule is COc1nc(-c2cccc(-c3c(F)ccc(NC(=O)c4ccnn(C)c4=O)c3Cl)c2Cl)cc2c1C(N1CC3(CCC(=O)N3)C1)CC2. The number of hydrogen-bond acceptors (Lipinski definition) is 7. The summed E-state index contributed by atoms with van der Waals surface area (Å²) >= 11 is 13.7. The Balaban J connectivity index is 1.20. The molecule has 13 heteroatoms. The fraction of sp³-hybridized carbons (Fsp3) is 0.303. The predicted octanol–water partition coefficient (Wildman–Crippen LogP) is 5.17. The van der Waals surface area contributed by atoms with Crippen molar-refractivity contribution in [2.45, 2.75) is 37.3 Å². The minimum absolute atomic E-state index is 0.00662. The monoisotopic (exact) mass is 662 g/mol. The number of aromatic nitrogens is 3. The first-order chi connectivity index (χ1) is 22.1. The van der Waals surface area contributed by atoms with Gasteiger partial charge in [-0.2, -0.15) is 5.10 Å². The van der Waals surface area contributed by atoms with Crippen LogP contribution in [0.1, 0.15) is 46.8 Å². The summed E-state index contributed by atoms with van der Waals surface area (Å²) < 4.78 is 22.3. The zero-order valence-electron chi connectivity index (χ0n) is 25.0. The number of halogens is 3. The number of pyridine rings is 1. The number of hydrogen-bond donors (Lipinski definition) is 2. The molecule has 1 aliphatic carbocycles. The molecule has 2 aromatic heterocycles.